The molecule has 0 aliphatic carbocycles. The molecule has 8 nitrogen and oxygen atoms in total. The van der Waals surface area contributed by atoms with Gasteiger partial charge in [-0.1, -0.05) is 11.9 Å². The highest BCUT2D eigenvalue weighted by molar-refractivity contribution is 7.99. The van der Waals surface area contributed by atoms with Crippen LogP contribution in [0.5, 0.6) is 0 Å². The van der Waals surface area contributed by atoms with Crippen molar-refractivity contribution in [1.82, 2.24) is 20.2 Å². The smallest absolute Gasteiger partial charge is 0.289 e. The standard InChI is InChI=1S/C31H29F2N5O3S/c1-34-30(39)27-22-14-21(25(37(2)42-3)15-26(22)41-28(27)17-6-8-19(32)9-7-17)18-5-4-12-38(16-18)31(40)29-35-23-11-10-20(33)13-24(23)36-29/h6-11,13-15,18H,4-5,12,16H2,1-3H3,(H,34,39)(H,35,36)/t18-/m0/s1. The Bertz CT molecular complexity index is 1820. The van der Waals surface area contributed by atoms with E-state index in [9.17, 15) is 18.4 Å². The van der Waals surface area contributed by atoms with Crippen LogP contribution in [0.15, 0.2) is 59.0 Å². The number of hydrogen-bond donors (Lipinski definition) is 2. The number of furan rings is 1. The van der Waals surface area contributed by atoms with E-state index in [1.165, 1.54) is 36.2 Å². The Morgan fingerprint density at radius 2 is 1.88 bits per heavy atom. The number of fused-ring (bicyclic) bond motifs is 2. The second-order valence-electron chi connectivity index (χ2n) is 10.3. The molecule has 0 bridgehead atoms. The third kappa shape index (κ3) is 4.98. The lowest BCUT2D eigenvalue weighted by atomic mass is 9.88. The predicted octanol–water partition coefficient (Wildman–Crippen LogP) is 6.35. The number of nitrogens with one attached hydrogen (secondary N) is 2. The van der Waals surface area contributed by atoms with E-state index in [2.05, 4.69) is 15.3 Å². The molecule has 216 valence electrons. The van der Waals surface area contributed by atoms with Crippen molar-refractivity contribution >= 4 is 51.5 Å². The number of benzene rings is 3. The van der Waals surface area contributed by atoms with Crippen molar-refractivity contribution in [3.63, 3.8) is 0 Å². The van der Waals surface area contributed by atoms with Gasteiger partial charge < -0.3 is 23.9 Å². The maximum absolute atomic E-state index is 13.7. The summed E-state index contributed by atoms with van der Waals surface area (Å²) in [5.41, 5.74) is 4.40. The molecule has 0 unspecified atom stereocenters. The van der Waals surface area contributed by atoms with Crippen molar-refractivity contribution in [2.24, 2.45) is 0 Å². The summed E-state index contributed by atoms with van der Waals surface area (Å²) in [6.07, 6.45) is 3.59. The fourth-order valence-electron chi connectivity index (χ4n) is 5.65. The van der Waals surface area contributed by atoms with Crippen LogP contribution in [0.4, 0.5) is 14.5 Å². The first-order valence-electron chi connectivity index (χ1n) is 13.6. The maximum atomic E-state index is 13.7. The minimum absolute atomic E-state index is 0.0276. The van der Waals surface area contributed by atoms with E-state index in [0.717, 1.165) is 24.1 Å². The average Bonchev–Trinajstić information content (AvgIpc) is 3.60. The van der Waals surface area contributed by atoms with E-state index in [1.807, 2.05) is 29.7 Å². The molecule has 42 heavy (non-hydrogen) atoms. The number of aromatic amines is 1. The van der Waals surface area contributed by atoms with Gasteiger partial charge in [-0.25, -0.2) is 13.8 Å². The number of imidazole rings is 1. The fourth-order valence-corrected chi connectivity index (χ4v) is 6.01. The van der Waals surface area contributed by atoms with Crippen LogP contribution < -0.4 is 9.62 Å². The summed E-state index contributed by atoms with van der Waals surface area (Å²) in [4.78, 5) is 35.8. The fraction of sp³-hybridized carbons (Fsp3) is 0.258. The molecule has 1 aliphatic heterocycles. The van der Waals surface area contributed by atoms with Gasteiger partial charge in [-0.15, -0.1) is 0 Å². The van der Waals surface area contributed by atoms with Crippen LogP contribution >= 0.6 is 11.9 Å². The third-order valence-electron chi connectivity index (χ3n) is 7.81. The Balaban J connectivity index is 1.41. The molecule has 3 heterocycles. The van der Waals surface area contributed by atoms with Gasteiger partial charge in [-0.3, -0.25) is 9.59 Å². The normalized spacial score (nSPS) is 15.4. The second-order valence-corrected chi connectivity index (χ2v) is 11.2. The van der Waals surface area contributed by atoms with Gasteiger partial charge in [0.05, 0.1) is 22.3 Å². The van der Waals surface area contributed by atoms with Crippen LogP contribution in [-0.2, 0) is 0 Å². The molecule has 1 aliphatic rings. The van der Waals surface area contributed by atoms with Crippen LogP contribution in [0.25, 0.3) is 33.3 Å². The number of anilines is 1. The predicted molar refractivity (Wildman–Crippen MR) is 161 cm³/mol. The quantitative estimate of drug-likeness (QED) is 0.224. The lowest BCUT2D eigenvalue weighted by Gasteiger charge is -2.34. The van der Waals surface area contributed by atoms with Crippen LogP contribution in [0, 0.1) is 11.6 Å². The van der Waals surface area contributed by atoms with E-state index >= 15 is 0 Å². The minimum atomic E-state index is -0.401. The molecule has 5 aromatic rings. The lowest BCUT2D eigenvalue weighted by Crippen LogP contribution is -2.39. The number of halogens is 2. The van der Waals surface area contributed by atoms with E-state index < -0.39 is 5.82 Å². The van der Waals surface area contributed by atoms with Gasteiger partial charge >= 0.3 is 0 Å². The zero-order valence-corrected chi connectivity index (χ0v) is 24.1. The van der Waals surface area contributed by atoms with Gasteiger partial charge in [0.1, 0.15) is 23.0 Å². The number of amides is 2. The zero-order valence-electron chi connectivity index (χ0n) is 23.3. The summed E-state index contributed by atoms with van der Waals surface area (Å²) in [5, 5.41) is 3.35. The first-order valence-corrected chi connectivity index (χ1v) is 14.8. The maximum Gasteiger partial charge on any atom is 0.289 e. The highest BCUT2D eigenvalue weighted by Crippen LogP contribution is 2.42. The summed E-state index contributed by atoms with van der Waals surface area (Å²) in [7, 11) is 3.52. The molecule has 1 atom stereocenters. The Kier molecular flexibility index (Phi) is 7.36. The van der Waals surface area contributed by atoms with Crippen LogP contribution in [0.2, 0.25) is 0 Å². The summed E-state index contributed by atoms with van der Waals surface area (Å²) < 4.78 is 35.7. The lowest BCUT2D eigenvalue weighted by molar-refractivity contribution is 0.0696. The summed E-state index contributed by atoms with van der Waals surface area (Å²) >= 11 is 1.54. The summed E-state index contributed by atoms with van der Waals surface area (Å²) in [5.74, 6) is -0.831. The number of aromatic nitrogens is 2. The van der Waals surface area contributed by atoms with Crippen molar-refractivity contribution in [2.45, 2.75) is 18.8 Å². The molecular formula is C31H29F2N5O3S. The Hall–Kier alpha value is -4.38. The molecular weight excluding hydrogens is 560 g/mol. The average molecular weight is 590 g/mol. The van der Waals surface area contributed by atoms with Crippen molar-refractivity contribution in [2.75, 3.05) is 37.7 Å². The van der Waals surface area contributed by atoms with Crippen LogP contribution in [0.3, 0.4) is 0 Å². The molecule has 3 aromatic carbocycles. The number of H-pyrrole nitrogens is 1. The first kappa shape index (κ1) is 27.8. The SMILES string of the molecule is CNC(=O)c1c(-c2ccc(F)cc2)oc2cc(N(C)SC)c([C@H]3CCCN(C(=O)c4nc5ccc(F)cc5[nH]4)C3)cc12. The van der Waals surface area contributed by atoms with Crippen LogP contribution in [0.1, 0.15) is 45.3 Å². The van der Waals surface area contributed by atoms with Crippen molar-refractivity contribution in [1.29, 1.82) is 0 Å². The number of carbonyl (C=O) groups excluding carboxylic acids is 2. The Labute approximate surface area is 245 Å². The number of nitrogens with zero attached hydrogens (tertiary/aromatic N) is 3. The van der Waals surface area contributed by atoms with Crippen molar-refractivity contribution < 1.29 is 22.8 Å². The molecule has 1 saturated heterocycles. The molecule has 2 aromatic heterocycles. The third-order valence-corrected chi connectivity index (χ3v) is 8.55. The summed E-state index contributed by atoms with van der Waals surface area (Å²) in [6.45, 7) is 1.02. The number of carbonyl (C=O) groups is 2. The van der Waals surface area contributed by atoms with Gasteiger partial charge in [-0.2, -0.15) is 0 Å². The number of rotatable bonds is 6. The number of hydrogen-bond acceptors (Lipinski definition) is 6. The minimum Gasteiger partial charge on any atom is -0.455 e. The second kappa shape index (κ2) is 11.1. The number of likely N-dealkylation sites (tertiary alicyclic amines) is 1. The topological polar surface area (TPSA) is 94.5 Å². The van der Waals surface area contributed by atoms with E-state index in [-0.39, 0.29) is 29.4 Å². The Morgan fingerprint density at radius 1 is 1.12 bits per heavy atom. The number of piperidine rings is 1. The van der Waals surface area contributed by atoms with Crippen molar-refractivity contribution in [3.8, 4) is 11.3 Å². The van der Waals surface area contributed by atoms with Gasteiger partial charge in [0.25, 0.3) is 11.8 Å². The molecule has 1 fully saturated rings. The highest BCUT2D eigenvalue weighted by Gasteiger charge is 2.31. The molecule has 11 heteroatoms. The molecule has 2 N–H and O–H groups in total. The largest absolute Gasteiger partial charge is 0.455 e. The summed E-state index contributed by atoms with van der Waals surface area (Å²) in [6, 6.07) is 14.0. The van der Waals surface area contributed by atoms with Crippen LogP contribution in [-0.4, -0.2) is 60.1 Å². The monoisotopic (exact) mass is 589 g/mol. The molecule has 6 rings (SSSR count). The van der Waals surface area contributed by atoms with Crippen molar-refractivity contribution in [3.05, 3.63) is 83.2 Å². The molecule has 0 saturated carbocycles. The zero-order chi connectivity index (χ0) is 29.5. The van der Waals surface area contributed by atoms with Gasteiger partial charge in [0.2, 0.25) is 0 Å². The first-order chi connectivity index (χ1) is 20.3. The van der Waals surface area contributed by atoms with Gasteiger partial charge in [-0.05, 0) is 66.9 Å². The molecule has 0 spiro atoms. The highest BCUT2D eigenvalue weighted by atomic mass is 32.2. The van der Waals surface area contributed by atoms with Gasteiger partial charge in [0, 0.05) is 56.4 Å². The molecule has 0 radical (unpaired) electrons. The van der Waals surface area contributed by atoms with Gasteiger partial charge in [0.15, 0.2) is 5.82 Å². The van der Waals surface area contributed by atoms with E-state index in [4.69, 9.17) is 4.42 Å². The van der Waals surface area contributed by atoms with E-state index in [1.54, 1.807) is 30.1 Å². The molecule has 2 amide bonds. The van der Waals surface area contributed by atoms with E-state index in [0.29, 0.717) is 52.0 Å². The Morgan fingerprint density at radius 3 is 2.62 bits per heavy atom.